The van der Waals surface area contributed by atoms with E-state index in [4.69, 9.17) is 0 Å². The van der Waals surface area contributed by atoms with Gasteiger partial charge in [0.2, 0.25) is 0 Å². The monoisotopic (exact) mass is 452 g/mol. The highest BCUT2D eigenvalue weighted by atomic mass is 32.2. The number of allylic oxidation sites excluding steroid dienone is 1. The van der Waals surface area contributed by atoms with Crippen LogP contribution in [0.15, 0.2) is 65.9 Å². The van der Waals surface area contributed by atoms with Crippen LogP contribution in [0.25, 0.3) is 11.5 Å². The summed E-state index contributed by atoms with van der Waals surface area (Å²) in [5.74, 6) is -0.624. The van der Waals surface area contributed by atoms with Gasteiger partial charge < -0.3 is 5.32 Å². The highest BCUT2D eigenvalue weighted by Gasteiger charge is 2.19. The first kappa shape index (κ1) is 21.9. The van der Waals surface area contributed by atoms with Crippen molar-refractivity contribution >= 4 is 23.3 Å². The standard InChI is InChI=1S/C23H22F2N6S/c1-14(15(2)32-3)28-22-18(25)12-27-23(29-22)20-11-21(19-9-6-10-26-19)31(30-20)13-16-7-4-5-8-17(16)24/h4-9,11-12,15H,1,10,13H2,2-3H3,(H,27,28,29). The Balaban J connectivity index is 1.71. The molecule has 1 atom stereocenters. The molecule has 1 aliphatic heterocycles. The molecule has 0 amide bonds. The van der Waals surface area contributed by atoms with Crippen LogP contribution in [0.4, 0.5) is 14.6 Å². The van der Waals surface area contributed by atoms with E-state index in [9.17, 15) is 8.78 Å². The fourth-order valence-electron chi connectivity index (χ4n) is 3.15. The van der Waals surface area contributed by atoms with Crippen LogP contribution >= 0.6 is 11.8 Å². The van der Waals surface area contributed by atoms with Gasteiger partial charge in [-0.3, -0.25) is 9.67 Å². The number of hydrogen-bond donors (Lipinski definition) is 1. The van der Waals surface area contributed by atoms with Gasteiger partial charge in [-0.15, -0.1) is 0 Å². The number of rotatable bonds is 8. The Bertz CT molecular complexity index is 1220. The number of aromatic nitrogens is 4. The molecule has 3 heterocycles. The second-order valence-corrected chi connectivity index (χ2v) is 8.39. The van der Waals surface area contributed by atoms with Gasteiger partial charge in [-0.1, -0.05) is 30.9 Å². The summed E-state index contributed by atoms with van der Waals surface area (Å²) < 4.78 is 30.3. The number of nitrogens with one attached hydrogen (secondary N) is 1. The first-order chi connectivity index (χ1) is 15.5. The second-order valence-electron chi connectivity index (χ2n) is 7.21. The molecule has 4 rings (SSSR count). The number of halogens is 2. The molecule has 1 aliphatic rings. The third-order valence-corrected chi connectivity index (χ3v) is 6.05. The SMILES string of the molecule is C=C(Nc1nc(-c2cc(C3=NCC=C3)n(Cc3ccccc3F)n2)ncc1F)C(C)SC. The number of benzene rings is 1. The van der Waals surface area contributed by atoms with E-state index < -0.39 is 5.82 Å². The normalized spacial score (nSPS) is 13.8. The van der Waals surface area contributed by atoms with Crippen LogP contribution in [0.2, 0.25) is 0 Å². The molecule has 0 aliphatic carbocycles. The molecule has 3 aromatic rings. The van der Waals surface area contributed by atoms with Gasteiger partial charge in [0.15, 0.2) is 17.5 Å². The lowest BCUT2D eigenvalue weighted by atomic mass is 10.2. The average molecular weight is 453 g/mol. The van der Waals surface area contributed by atoms with Crippen molar-refractivity contribution in [2.75, 3.05) is 18.1 Å². The Morgan fingerprint density at radius 3 is 2.81 bits per heavy atom. The fourth-order valence-corrected chi connectivity index (χ4v) is 3.49. The zero-order chi connectivity index (χ0) is 22.7. The van der Waals surface area contributed by atoms with Crippen molar-refractivity contribution in [1.82, 2.24) is 19.7 Å². The van der Waals surface area contributed by atoms with Gasteiger partial charge in [0.05, 0.1) is 30.7 Å². The second kappa shape index (κ2) is 9.44. The minimum atomic E-state index is -0.586. The molecule has 0 saturated heterocycles. The van der Waals surface area contributed by atoms with Gasteiger partial charge in [0.1, 0.15) is 11.5 Å². The van der Waals surface area contributed by atoms with E-state index in [0.29, 0.717) is 29.2 Å². The van der Waals surface area contributed by atoms with Crippen molar-refractivity contribution in [2.45, 2.75) is 18.7 Å². The first-order valence-corrected chi connectivity index (χ1v) is 11.3. The van der Waals surface area contributed by atoms with Crippen LogP contribution in [0.1, 0.15) is 18.2 Å². The molecular formula is C23H22F2N6S. The molecule has 1 aromatic carbocycles. The van der Waals surface area contributed by atoms with Crippen molar-refractivity contribution in [1.29, 1.82) is 0 Å². The molecule has 1 N–H and O–H groups in total. The smallest absolute Gasteiger partial charge is 0.184 e. The maximum Gasteiger partial charge on any atom is 0.184 e. The number of aliphatic imine (C=N–C) groups is 1. The van der Waals surface area contributed by atoms with E-state index >= 15 is 0 Å². The van der Waals surface area contributed by atoms with Crippen LogP contribution < -0.4 is 5.32 Å². The van der Waals surface area contributed by atoms with E-state index in [1.54, 1.807) is 40.7 Å². The Morgan fingerprint density at radius 2 is 2.09 bits per heavy atom. The third-order valence-electron chi connectivity index (χ3n) is 5.06. The Morgan fingerprint density at radius 1 is 1.28 bits per heavy atom. The van der Waals surface area contributed by atoms with E-state index in [2.05, 4.69) is 32.0 Å². The summed E-state index contributed by atoms with van der Waals surface area (Å²) in [6.45, 7) is 6.70. The number of hydrogen-bond acceptors (Lipinski definition) is 6. The zero-order valence-corrected chi connectivity index (χ0v) is 18.5. The largest absolute Gasteiger partial charge is 0.341 e. The number of thioether (sulfide) groups is 1. The van der Waals surface area contributed by atoms with Gasteiger partial charge >= 0.3 is 0 Å². The zero-order valence-electron chi connectivity index (χ0n) is 17.7. The Kier molecular flexibility index (Phi) is 6.45. The Hall–Kier alpha value is -3.33. The van der Waals surface area contributed by atoms with Gasteiger partial charge in [-0.25, -0.2) is 18.7 Å². The summed E-state index contributed by atoms with van der Waals surface area (Å²) in [4.78, 5) is 12.9. The minimum absolute atomic E-state index is 0.0317. The summed E-state index contributed by atoms with van der Waals surface area (Å²) in [5, 5.41) is 7.61. The first-order valence-electron chi connectivity index (χ1n) is 10.0. The van der Waals surface area contributed by atoms with E-state index in [-0.39, 0.29) is 29.3 Å². The molecule has 2 aromatic heterocycles. The van der Waals surface area contributed by atoms with Gasteiger partial charge in [-0.2, -0.15) is 16.9 Å². The summed E-state index contributed by atoms with van der Waals surface area (Å²) in [5.41, 5.74) is 3.02. The van der Waals surface area contributed by atoms with Crippen LogP contribution in [0.5, 0.6) is 0 Å². The predicted molar refractivity (Wildman–Crippen MR) is 125 cm³/mol. The predicted octanol–water partition coefficient (Wildman–Crippen LogP) is 4.70. The molecule has 0 radical (unpaired) electrons. The Labute approximate surface area is 189 Å². The van der Waals surface area contributed by atoms with Crippen LogP contribution in [-0.4, -0.2) is 43.5 Å². The third kappa shape index (κ3) is 4.62. The van der Waals surface area contributed by atoms with E-state index in [0.717, 1.165) is 11.9 Å². The maximum absolute atomic E-state index is 14.3. The maximum atomic E-state index is 14.3. The van der Waals surface area contributed by atoms with Crippen LogP contribution in [0.3, 0.4) is 0 Å². The topological polar surface area (TPSA) is 68.0 Å². The molecule has 0 saturated carbocycles. The summed E-state index contributed by atoms with van der Waals surface area (Å²) >= 11 is 1.59. The van der Waals surface area contributed by atoms with Crippen molar-refractivity contribution in [3.8, 4) is 11.5 Å². The molecule has 0 spiro atoms. The van der Waals surface area contributed by atoms with Crippen LogP contribution in [-0.2, 0) is 6.54 Å². The number of anilines is 1. The molecule has 1 unspecified atom stereocenters. The molecule has 32 heavy (non-hydrogen) atoms. The van der Waals surface area contributed by atoms with Crippen LogP contribution in [0, 0.1) is 11.6 Å². The lowest BCUT2D eigenvalue weighted by molar-refractivity contribution is 0.584. The lowest BCUT2D eigenvalue weighted by Crippen LogP contribution is -2.12. The highest BCUT2D eigenvalue weighted by Crippen LogP contribution is 2.23. The number of nitrogens with zero attached hydrogens (tertiary/aromatic N) is 5. The summed E-state index contributed by atoms with van der Waals surface area (Å²) in [7, 11) is 0. The van der Waals surface area contributed by atoms with Gasteiger partial charge in [0.25, 0.3) is 0 Å². The fraction of sp³-hybridized carbons (Fsp3) is 0.217. The van der Waals surface area contributed by atoms with Gasteiger partial charge in [-0.05, 0) is 31.4 Å². The van der Waals surface area contributed by atoms with Crippen molar-refractivity contribution < 1.29 is 8.78 Å². The summed E-state index contributed by atoms with van der Waals surface area (Å²) in [6.07, 6.45) is 6.88. The quantitative estimate of drug-likeness (QED) is 0.537. The van der Waals surface area contributed by atoms with Crippen molar-refractivity contribution in [3.05, 3.63) is 83.8 Å². The van der Waals surface area contributed by atoms with E-state index in [1.807, 2.05) is 25.3 Å². The van der Waals surface area contributed by atoms with Crippen molar-refractivity contribution in [2.24, 2.45) is 4.99 Å². The molecule has 9 heteroatoms. The minimum Gasteiger partial charge on any atom is -0.341 e. The lowest BCUT2D eigenvalue weighted by Gasteiger charge is -2.14. The summed E-state index contributed by atoms with van der Waals surface area (Å²) in [6, 6.07) is 8.33. The van der Waals surface area contributed by atoms with Gasteiger partial charge in [0, 0.05) is 16.5 Å². The molecular weight excluding hydrogens is 430 g/mol. The molecule has 6 nitrogen and oxygen atoms in total. The average Bonchev–Trinajstić information content (AvgIpc) is 3.46. The molecule has 0 bridgehead atoms. The van der Waals surface area contributed by atoms with Crippen molar-refractivity contribution in [3.63, 3.8) is 0 Å². The molecule has 0 fully saturated rings. The van der Waals surface area contributed by atoms with E-state index in [1.165, 1.54) is 6.07 Å². The highest BCUT2D eigenvalue weighted by molar-refractivity contribution is 7.99. The molecule has 164 valence electrons.